The van der Waals surface area contributed by atoms with Gasteiger partial charge in [0.05, 0.1) is 0 Å². The van der Waals surface area contributed by atoms with Crippen LogP contribution in [0.2, 0.25) is 0 Å². The lowest BCUT2D eigenvalue weighted by Crippen LogP contribution is -2.60. The highest BCUT2D eigenvalue weighted by atomic mass is 16.6. The van der Waals surface area contributed by atoms with Crippen LogP contribution in [0.25, 0.3) is 0 Å². The summed E-state index contributed by atoms with van der Waals surface area (Å²) in [5.74, 6) is -0.921. The minimum atomic E-state index is -1.37. The maximum absolute atomic E-state index is 13.5. The van der Waals surface area contributed by atoms with Crippen molar-refractivity contribution in [2.24, 2.45) is 0 Å². The molecule has 6 nitrogen and oxygen atoms in total. The van der Waals surface area contributed by atoms with Crippen molar-refractivity contribution in [2.75, 3.05) is 13.8 Å². The normalized spacial score (nSPS) is 14.3. The maximum atomic E-state index is 13.5. The highest BCUT2D eigenvalue weighted by Crippen LogP contribution is 2.36. The van der Waals surface area contributed by atoms with Gasteiger partial charge in [0, 0.05) is 13.0 Å². The lowest BCUT2D eigenvalue weighted by atomic mass is 9.80. The molecule has 0 aliphatic rings. The van der Waals surface area contributed by atoms with Gasteiger partial charge in [0.25, 0.3) is 0 Å². The fourth-order valence-corrected chi connectivity index (χ4v) is 3.28. The Kier molecular flexibility index (Phi) is 8.22. The number of rotatable bonds is 8. The van der Waals surface area contributed by atoms with Crippen molar-refractivity contribution in [1.29, 1.82) is 0 Å². The van der Waals surface area contributed by atoms with Crippen molar-refractivity contribution in [3.8, 4) is 0 Å². The van der Waals surface area contributed by atoms with Crippen LogP contribution in [0.15, 0.2) is 60.7 Å². The van der Waals surface area contributed by atoms with E-state index < -0.39 is 23.2 Å². The Balaban J connectivity index is 2.43. The van der Waals surface area contributed by atoms with E-state index in [0.717, 1.165) is 11.1 Å². The number of carbonyl (C=O) groups excluding carboxylic acids is 2. The van der Waals surface area contributed by atoms with Crippen molar-refractivity contribution in [2.45, 2.75) is 58.3 Å². The molecule has 31 heavy (non-hydrogen) atoms. The molecule has 0 spiro atoms. The fraction of sp³-hybridized carbons (Fsp3) is 0.440. The monoisotopic (exact) mass is 427 g/mol. The predicted molar refractivity (Wildman–Crippen MR) is 119 cm³/mol. The summed E-state index contributed by atoms with van der Waals surface area (Å²) >= 11 is 0. The number of benzene rings is 2. The molecule has 0 radical (unpaired) electrons. The third kappa shape index (κ3) is 6.31. The summed E-state index contributed by atoms with van der Waals surface area (Å²) in [5.41, 5.74) is -0.338. The number of hydrogen-bond acceptors (Lipinski definition) is 5. The van der Waals surface area contributed by atoms with E-state index in [2.05, 4.69) is 0 Å². The molecule has 2 rings (SSSR count). The molecule has 1 amide bonds. The summed E-state index contributed by atoms with van der Waals surface area (Å²) in [6.45, 7) is 8.91. The highest BCUT2D eigenvalue weighted by Gasteiger charge is 2.50. The number of esters is 1. The van der Waals surface area contributed by atoms with E-state index >= 15 is 0 Å². The molecule has 0 heterocycles. The molecular weight excluding hydrogens is 394 g/mol. The van der Waals surface area contributed by atoms with E-state index in [1.165, 1.54) is 12.0 Å². The molecule has 0 unspecified atom stereocenters. The Morgan fingerprint density at radius 1 is 0.935 bits per heavy atom. The van der Waals surface area contributed by atoms with Crippen LogP contribution >= 0.6 is 0 Å². The SMILES string of the molecule is COCN(C(=O)OC(C)(C)C)[C@](C)(C(=O)OCc1ccccc1)[C@@H](C)c1ccccc1. The third-order valence-electron chi connectivity index (χ3n) is 5.20. The molecule has 2 aromatic rings. The molecule has 0 saturated heterocycles. The van der Waals surface area contributed by atoms with Crippen LogP contribution in [0.1, 0.15) is 51.7 Å². The second kappa shape index (κ2) is 10.4. The van der Waals surface area contributed by atoms with E-state index in [4.69, 9.17) is 14.2 Å². The van der Waals surface area contributed by atoms with Gasteiger partial charge in [0.15, 0.2) is 0 Å². The van der Waals surface area contributed by atoms with Crippen molar-refractivity contribution in [3.63, 3.8) is 0 Å². The molecule has 0 saturated carbocycles. The van der Waals surface area contributed by atoms with Gasteiger partial charge in [-0.3, -0.25) is 4.90 Å². The van der Waals surface area contributed by atoms with Crippen LogP contribution in [0.4, 0.5) is 4.79 Å². The summed E-state index contributed by atoms with van der Waals surface area (Å²) in [6.07, 6.45) is -0.642. The molecule has 0 N–H and O–H groups in total. The molecule has 0 bridgehead atoms. The Labute approximate surface area is 185 Å². The fourth-order valence-electron chi connectivity index (χ4n) is 3.28. The van der Waals surface area contributed by atoms with Crippen LogP contribution in [0.5, 0.6) is 0 Å². The number of hydrogen-bond donors (Lipinski definition) is 0. The van der Waals surface area contributed by atoms with Gasteiger partial charge in [-0.05, 0) is 38.8 Å². The Morgan fingerprint density at radius 2 is 1.48 bits per heavy atom. The predicted octanol–water partition coefficient (Wildman–Crippen LogP) is 5.13. The summed E-state index contributed by atoms with van der Waals surface area (Å²) in [6, 6.07) is 19.0. The first-order valence-corrected chi connectivity index (χ1v) is 10.3. The summed E-state index contributed by atoms with van der Waals surface area (Å²) < 4.78 is 16.6. The van der Waals surface area contributed by atoms with Crippen LogP contribution in [0.3, 0.4) is 0 Å². The van der Waals surface area contributed by atoms with Gasteiger partial charge < -0.3 is 14.2 Å². The number of methoxy groups -OCH3 is 1. The first-order valence-electron chi connectivity index (χ1n) is 10.3. The standard InChI is InChI=1S/C25H33NO5/c1-19(21-15-11-8-12-16-21)25(5,22(27)30-17-20-13-9-7-10-14-20)26(18-29-6)23(28)31-24(2,3)4/h7-16,19H,17-18H2,1-6H3/t19-,25-/m0/s1. The van der Waals surface area contributed by atoms with E-state index in [-0.39, 0.29) is 19.3 Å². The van der Waals surface area contributed by atoms with Gasteiger partial charge in [0.1, 0.15) is 24.5 Å². The summed E-state index contributed by atoms with van der Waals surface area (Å²) in [7, 11) is 1.47. The zero-order valence-corrected chi connectivity index (χ0v) is 19.3. The number of amides is 1. The first-order chi connectivity index (χ1) is 14.6. The van der Waals surface area contributed by atoms with Crippen molar-refractivity contribution < 1.29 is 23.8 Å². The zero-order valence-electron chi connectivity index (χ0n) is 19.3. The van der Waals surface area contributed by atoms with Crippen LogP contribution in [-0.4, -0.2) is 41.9 Å². The molecular formula is C25H33NO5. The van der Waals surface area contributed by atoms with E-state index in [0.29, 0.717) is 0 Å². The largest absolute Gasteiger partial charge is 0.459 e. The third-order valence-corrected chi connectivity index (χ3v) is 5.20. The average Bonchev–Trinajstić information content (AvgIpc) is 2.74. The lowest BCUT2D eigenvalue weighted by Gasteiger charge is -2.43. The highest BCUT2D eigenvalue weighted by molar-refractivity contribution is 5.86. The number of carbonyl (C=O) groups is 2. The number of nitrogens with zero attached hydrogens (tertiary/aromatic N) is 1. The second-order valence-corrected chi connectivity index (χ2v) is 8.67. The van der Waals surface area contributed by atoms with Crippen LogP contribution in [0, 0.1) is 0 Å². The smallest absolute Gasteiger partial charge is 0.413 e. The van der Waals surface area contributed by atoms with E-state index in [1.807, 2.05) is 67.6 Å². The van der Waals surface area contributed by atoms with Gasteiger partial charge in [-0.25, -0.2) is 9.59 Å². The van der Waals surface area contributed by atoms with E-state index in [9.17, 15) is 9.59 Å². The minimum absolute atomic E-state index is 0.103. The molecule has 6 heteroatoms. The van der Waals surface area contributed by atoms with Gasteiger partial charge >= 0.3 is 12.1 Å². The van der Waals surface area contributed by atoms with Crippen LogP contribution in [-0.2, 0) is 25.6 Å². The van der Waals surface area contributed by atoms with Crippen molar-refractivity contribution in [1.82, 2.24) is 4.90 Å². The van der Waals surface area contributed by atoms with E-state index in [1.54, 1.807) is 27.7 Å². The van der Waals surface area contributed by atoms with Crippen molar-refractivity contribution >= 4 is 12.1 Å². The average molecular weight is 428 g/mol. The quantitative estimate of drug-likeness (QED) is 0.431. The van der Waals surface area contributed by atoms with Gasteiger partial charge in [0.2, 0.25) is 0 Å². The molecule has 0 aliphatic carbocycles. The molecule has 0 fully saturated rings. The van der Waals surface area contributed by atoms with Gasteiger partial charge in [-0.2, -0.15) is 0 Å². The second-order valence-electron chi connectivity index (χ2n) is 8.67. The van der Waals surface area contributed by atoms with Crippen LogP contribution < -0.4 is 0 Å². The molecule has 0 aliphatic heterocycles. The lowest BCUT2D eigenvalue weighted by molar-refractivity contribution is -0.163. The molecule has 2 atom stereocenters. The summed E-state index contributed by atoms with van der Waals surface area (Å²) in [4.78, 5) is 27.9. The molecule has 0 aromatic heterocycles. The summed E-state index contributed by atoms with van der Waals surface area (Å²) in [5, 5.41) is 0. The topological polar surface area (TPSA) is 65.1 Å². The zero-order chi connectivity index (χ0) is 23.1. The molecule has 2 aromatic carbocycles. The van der Waals surface area contributed by atoms with Gasteiger partial charge in [-0.15, -0.1) is 0 Å². The Hall–Kier alpha value is -2.86. The Morgan fingerprint density at radius 3 is 2.00 bits per heavy atom. The van der Waals surface area contributed by atoms with Crippen molar-refractivity contribution in [3.05, 3.63) is 71.8 Å². The number of ether oxygens (including phenoxy) is 3. The minimum Gasteiger partial charge on any atom is -0.459 e. The first kappa shape index (κ1) is 24.4. The maximum Gasteiger partial charge on any atom is 0.413 e. The Bertz CT molecular complexity index is 847. The molecule has 168 valence electrons. The van der Waals surface area contributed by atoms with Gasteiger partial charge in [-0.1, -0.05) is 67.6 Å².